The summed E-state index contributed by atoms with van der Waals surface area (Å²) < 4.78 is 10.5. The van der Waals surface area contributed by atoms with E-state index in [1.54, 1.807) is 26.4 Å². The molecule has 0 radical (unpaired) electrons. The van der Waals surface area contributed by atoms with Gasteiger partial charge in [0.1, 0.15) is 11.5 Å². The molecule has 0 N–H and O–H groups in total. The van der Waals surface area contributed by atoms with Gasteiger partial charge in [0.25, 0.3) is 0 Å². The van der Waals surface area contributed by atoms with Gasteiger partial charge in [-0.3, -0.25) is 4.79 Å². The third kappa shape index (κ3) is 3.76. The van der Waals surface area contributed by atoms with Crippen molar-refractivity contribution in [3.05, 3.63) is 58.6 Å². The van der Waals surface area contributed by atoms with E-state index in [1.807, 2.05) is 30.3 Å². The largest absolute Gasteiger partial charge is 0.496 e. The van der Waals surface area contributed by atoms with E-state index < -0.39 is 0 Å². The van der Waals surface area contributed by atoms with Crippen LogP contribution in [0.5, 0.6) is 11.5 Å². The number of rotatable bonds is 6. The van der Waals surface area contributed by atoms with Gasteiger partial charge in [-0.15, -0.1) is 0 Å². The quantitative estimate of drug-likeness (QED) is 0.751. The first-order valence-electron chi connectivity index (χ1n) is 6.64. The van der Waals surface area contributed by atoms with Crippen molar-refractivity contribution >= 4 is 17.4 Å². The standard InChI is InChI=1S/C17H17ClO3/c1-20-16-11-17(21-2)14(18)10-13(16)8-9-15(19)12-6-4-3-5-7-12/h3-7,10-11H,8-9H2,1-2H3. The van der Waals surface area contributed by atoms with Crippen LogP contribution in [0, 0.1) is 0 Å². The highest BCUT2D eigenvalue weighted by Crippen LogP contribution is 2.33. The summed E-state index contributed by atoms with van der Waals surface area (Å²) in [4.78, 5) is 12.1. The van der Waals surface area contributed by atoms with Crippen molar-refractivity contribution in [1.29, 1.82) is 0 Å². The van der Waals surface area contributed by atoms with Gasteiger partial charge in [-0.25, -0.2) is 0 Å². The molecule has 0 saturated heterocycles. The number of methoxy groups -OCH3 is 2. The van der Waals surface area contributed by atoms with Crippen molar-refractivity contribution in [2.24, 2.45) is 0 Å². The van der Waals surface area contributed by atoms with Crippen molar-refractivity contribution < 1.29 is 14.3 Å². The maximum absolute atomic E-state index is 12.1. The van der Waals surface area contributed by atoms with Crippen molar-refractivity contribution in [3.8, 4) is 11.5 Å². The van der Waals surface area contributed by atoms with Crippen molar-refractivity contribution in [2.45, 2.75) is 12.8 Å². The molecule has 4 heteroatoms. The van der Waals surface area contributed by atoms with Crippen LogP contribution < -0.4 is 9.47 Å². The van der Waals surface area contributed by atoms with Crippen LogP contribution in [0.25, 0.3) is 0 Å². The normalized spacial score (nSPS) is 10.2. The zero-order valence-electron chi connectivity index (χ0n) is 12.1. The first-order valence-corrected chi connectivity index (χ1v) is 7.02. The summed E-state index contributed by atoms with van der Waals surface area (Å²) in [6.45, 7) is 0. The second-order valence-electron chi connectivity index (χ2n) is 4.59. The smallest absolute Gasteiger partial charge is 0.163 e. The fraction of sp³-hybridized carbons (Fsp3) is 0.235. The van der Waals surface area contributed by atoms with Gasteiger partial charge in [0.2, 0.25) is 0 Å². The molecule has 0 fully saturated rings. The first-order chi connectivity index (χ1) is 10.2. The predicted molar refractivity (Wildman–Crippen MR) is 83.6 cm³/mol. The molecule has 0 aliphatic heterocycles. The summed E-state index contributed by atoms with van der Waals surface area (Å²) in [6, 6.07) is 12.8. The molecule has 0 saturated carbocycles. The summed E-state index contributed by atoms with van der Waals surface area (Å²) in [5.41, 5.74) is 1.61. The Morgan fingerprint density at radius 2 is 1.71 bits per heavy atom. The molecule has 110 valence electrons. The predicted octanol–water partition coefficient (Wildman–Crippen LogP) is 4.17. The molecular formula is C17H17ClO3. The monoisotopic (exact) mass is 304 g/mol. The van der Waals surface area contributed by atoms with E-state index in [2.05, 4.69) is 0 Å². The van der Waals surface area contributed by atoms with Gasteiger partial charge in [-0.1, -0.05) is 41.9 Å². The molecule has 21 heavy (non-hydrogen) atoms. The van der Waals surface area contributed by atoms with Crippen LogP contribution in [0.4, 0.5) is 0 Å². The number of ether oxygens (including phenoxy) is 2. The lowest BCUT2D eigenvalue weighted by Gasteiger charge is -2.11. The number of aryl methyl sites for hydroxylation is 1. The Morgan fingerprint density at radius 1 is 1.05 bits per heavy atom. The van der Waals surface area contributed by atoms with Crippen molar-refractivity contribution in [3.63, 3.8) is 0 Å². The third-order valence-electron chi connectivity index (χ3n) is 3.27. The number of carbonyl (C=O) groups excluding carboxylic acids is 1. The number of hydrogen-bond acceptors (Lipinski definition) is 3. The maximum atomic E-state index is 12.1. The fourth-order valence-corrected chi connectivity index (χ4v) is 2.40. The Bertz CT molecular complexity index is 623. The van der Waals surface area contributed by atoms with E-state index in [0.29, 0.717) is 29.4 Å². The number of benzene rings is 2. The van der Waals surface area contributed by atoms with Gasteiger partial charge in [0.15, 0.2) is 5.78 Å². The van der Waals surface area contributed by atoms with E-state index in [4.69, 9.17) is 21.1 Å². The number of ketones is 1. The van der Waals surface area contributed by atoms with Gasteiger partial charge in [0, 0.05) is 18.1 Å². The Balaban J connectivity index is 2.13. The highest BCUT2D eigenvalue weighted by Gasteiger charge is 2.12. The summed E-state index contributed by atoms with van der Waals surface area (Å²) in [5, 5.41) is 0.514. The Hall–Kier alpha value is -2.00. The van der Waals surface area contributed by atoms with Crippen LogP contribution in [0.3, 0.4) is 0 Å². The Kier molecular flexibility index (Phi) is 5.23. The van der Waals surface area contributed by atoms with Gasteiger partial charge in [-0.05, 0) is 18.1 Å². The minimum absolute atomic E-state index is 0.101. The number of Topliss-reactive ketones (excluding diaryl/α,β-unsaturated/α-hetero) is 1. The lowest BCUT2D eigenvalue weighted by atomic mass is 10.0. The van der Waals surface area contributed by atoms with Crippen LogP contribution in [0.1, 0.15) is 22.3 Å². The van der Waals surface area contributed by atoms with E-state index in [-0.39, 0.29) is 5.78 Å². The minimum Gasteiger partial charge on any atom is -0.496 e. The van der Waals surface area contributed by atoms with E-state index in [9.17, 15) is 4.79 Å². The Morgan fingerprint density at radius 3 is 2.33 bits per heavy atom. The molecule has 2 rings (SSSR count). The molecule has 0 aliphatic rings. The molecule has 0 heterocycles. The summed E-state index contributed by atoms with van der Waals surface area (Å²) >= 11 is 6.13. The fourth-order valence-electron chi connectivity index (χ4n) is 2.13. The number of hydrogen-bond donors (Lipinski definition) is 0. The highest BCUT2D eigenvalue weighted by molar-refractivity contribution is 6.32. The molecule has 0 bridgehead atoms. The molecule has 2 aromatic carbocycles. The zero-order chi connectivity index (χ0) is 15.2. The second-order valence-corrected chi connectivity index (χ2v) is 5.00. The first kappa shape index (κ1) is 15.4. The van der Waals surface area contributed by atoms with Crippen LogP contribution in [-0.2, 0) is 6.42 Å². The molecule has 3 nitrogen and oxygen atoms in total. The molecule has 0 unspecified atom stereocenters. The average Bonchev–Trinajstić information content (AvgIpc) is 2.53. The van der Waals surface area contributed by atoms with E-state index >= 15 is 0 Å². The van der Waals surface area contributed by atoms with Crippen LogP contribution in [-0.4, -0.2) is 20.0 Å². The van der Waals surface area contributed by atoms with Gasteiger partial charge in [-0.2, -0.15) is 0 Å². The summed E-state index contributed by atoms with van der Waals surface area (Å²) in [5.74, 6) is 1.34. The third-order valence-corrected chi connectivity index (χ3v) is 3.57. The minimum atomic E-state index is 0.101. The lowest BCUT2D eigenvalue weighted by molar-refractivity contribution is 0.0982. The molecule has 0 amide bonds. The van der Waals surface area contributed by atoms with E-state index in [1.165, 1.54) is 0 Å². The van der Waals surface area contributed by atoms with Gasteiger partial charge in [0.05, 0.1) is 19.2 Å². The van der Waals surface area contributed by atoms with E-state index in [0.717, 1.165) is 11.1 Å². The SMILES string of the molecule is COc1cc(OC)c(CCC(=O)c2ccccc2)cc1Cl. The Labute approximate surface area is 129 Å². The topological polar surface area (TPSA) is 35.5 Å². The van der Waals surface area contributed by atoms with Crippen LogP contribution >= 0.6 is 11.6 Å². The van der Waals surface area contributed by atoms with Crippen LogP contribution in [0.15, 0.2) is 42.5 Å². The second kappa shape index (κ2) is 7.14. The number of carbonyl (C=O) groups is 1. The summed E-state index contributed by atoms with van der Waals surface area (Å²) in [6.07, 6.45) is 0.976. The van der Waals surface area contributed by atoms with Gasteiger partial charge >= 0.3 is 0 Å². The highest BCUT2D eigenvalue weighted by atomic mass is 35.5. The molecule has 0 atom stereocenters. The molecule has 0 aromatic heterocycles. The average molecular weight is 305 g/mol. The summed E-state index contributed by atoms with van der Waals surface area (Å²) in [7, 11) is 3.14. The van der Waals surface area contributed by atoms with Crippen LogP contribution in [0.2, 0.25) is 5.02 Å². The maximum Gasteiger partial charge on any atom is 0.163 e. The molecule has 0 spiro atoms. The van der Waals surface area contributed by atoms with Crippen molar-refractivity contribution in [2.75, 3.05) is 14.2 Å². The number of halogens is 1. The molecule has 2 aromatic rings. The molecular weight excluding hydrogens is 288 g/mol. The zero-order valence-corrected chi connectivity index (χ0v) is 12.8. The van der Waals surface area contributed by atoms with Gasteiger partial charge < -0.3 is 9.47 Å². The lowest BCUT2D eigenvalue weighted by Crippen LogP contribution is -2.02. The van der Waals surface area contributed by atoms with Crippen molar-refractivity contribution in [1.82, 2.24) is 0 Å². The molecule has 0 aliphatic carbocycles.